The van der Waals surface area contributed by atoms with Gasteiger partial charge in [0, 0.05) is 49.0 Å². The molecule has 0 aromatic heterocycles. The lowest BCUT2D eigenvalue weighted by atomic mass is 9.85. The van der Waals surface area contributed by atoms with Gasteiger partial charge in [0.15, 0.2) is 0 Å². The molecule has 1 N–H and O–H groups in total. The van der Waals surface area contributed by atoms with Gasteiger partial charge in [-0.2, -0.15) is 0 Å². The molecule has 1 saturated heterocycles. The molecule has 1 aliphatic carbocycles. The van der Waals surface area contributed by atoms with Crippen molar-refractivity contribution in [1.82, 2.24) is 9.80 Å². The summed E-state index contributed by atoms with van der Waals surface area (Å²) in [4.78, 5) is 17.9. The molecule has 1 heterocycles. The number of amides is 1. The summed E-state index contributed by atoms with van der Waals surface area (Å²) >= 11 is 5.99. The number of benzene rings is 3. The third-order valence-electron chi connectivity index (χ3n) is 7.33. The minimum Gasteiger partial charge on any atom is -0.322 e. The molecular formula is C30H32ClN3O. The number of nitrogens with zero attached hydrogens (tertiary/aromatic N) is 2. The van der Waals surface area contributed by atoms with Gasteiger partial charge in [0.25, 0.3) is 5.91 Å². The Labute approximate surface area is 213 Å². The van der Waals surface area contributed by atoms with E-state index in [1.165, 1.54) is 16.7 Å². The average Bonchev–Trinajstić information content (AvgIpc) is 2.87. The predicted molar refractivity (Wildman–Crippen MR) is 146 cm³/mol. The van der Waals surface area contributed by atoms with Gasteiger partial charge in [-0.1, -0.05) is 47.5 Å². The maximum absolute atomic E-state index is 12.9. The third-order valence-corrected chi connectivity index (χ3v) is 7.58. The fraction of sp³-hybridized carbons (Fsp3) is 0.300. The summed E-state index contributed by atoms with van der Waals surface area (Å²) in [6.45, 7) is 7.91. The van der Waals surface area contributed by atoms with Crippen LogP contribution in [0.5, 0.6) is 0 Å². The van der Waals surface area contributed by atoms with Gasteiger partial charge in [-0.15, -0.1) is 0 Å². The molecule has 3 aromatic carbocycles. The van der Waals surface area contributed by atoms with Crippen molar-refractivity contribution < 1.29 is 4.79 Å². The second kappa shape index (κ2) is 10.4. The number of allylic oxidation sites excluding steroid dienone is 1. The van der Waals surface area contributed by atoms with E-state index in [9.17, 15) is 4.79 Å². The number of likely N-dealkylation sites (N-methyl/N-ethyl adjacent to an activating group) is 1. The monoisotopic (exact) mass is 485 g/mol. The van der Waals surface area contributed by atoms with Crippen LogP contribution in [0.15, 0.2) is 72.3 Å². The van der Waals surface area contributed by atoms with Crippen molar-refractivity contribution in [3.63, 3.8) is 0 Å². The quantitative estimate of drug-likeness (QED) is 0.465. The highest BCUT2D eigenvalue weighted by molar-refractivity contribution is 6.30. The normalized spacial score (nSPS) is 16.8. The molecule has 1 fully saturated rings. The van der Waals surface area contributed by atoms with Crippen molar-refractivity contribution in [3.05, 3.63) is 94.0 Å². The molecule has 0 bridgehead atoms. The first-order valence-corrected chi connectivity index (χ1v) is 12.7. The van der Waals surface area contributed by atoms with Crippen LogP contribution in [0.2, 0.25) is 5.02 Å². The fourth-order valence-electron chi connectivity index (χ4n) is 5.04. The van der Waals surface area contributed by atoms with Crippen molar-refractivity contribution >= 4 is 28.8 Å². The highest BCUT2D eigenvalue weighted by Gasteiger charge is 2.21. The Balaban J connectivity index is 1.25. The zero-order chi connectivity index (χ0) is 24.4. The van der Waals surface area contributed by atoms with Crippen LogP contribution in [0.3, 0.4) is 0 Å². The molecule has 1 amide bonds. The molecule has 4 nitrogen and oxygen atoms in total. The summed E-state index contributed by atoms with van der Waals surface area (Å²) in [6, 6.07) is 21.8. The number of rotatable bonds is 5. The van der Waals surface area contributed by atoms with E-state index in [1.54, 1.807) is 5.57 Å². The van der Waals surface area contributed by atoms with E-state index in [-0.39, 0.29) is 5.91 Å². The van der Waals surface area contributed by atoms with Crippen molar-refractivity contribution in [2.75, 3.05) is 45.1 Å². The Morgan fingerprint density at radius 2 is 1.54 bits per heavy atom. The number of fused-ring (bicyclic) bond motifs is 1. The largest absolute Gasteiger partial charge is 0.322 e. The Hall–Kier alpha value is -2.92. The van der Waals surface area contributed by atoms with Gasteiger partial charge in [0.2, 0.25) is 0 Å². The van der Waals surface area contributed by atoms with Gasteiger partial charge in [-0.25, -0.2) is 0 Å². The summed E-state index contributed by atoms with van der Waals surface area (Å²) in [5.41, 5.74) is 9.23. The molecule has 0 unspecified atom stereocenters. The molecule has 5 heteroatoms. The highest BCUT2D eigenvalue weighted by atomic mass is 35.5. The number of carbonyl (C=O) groups is 1. The van der Waals surface area contributed by atoms with Gasteiger partial charge in [-0.3, -0.25) is 9.69 Å². The average molecular weight is 486 g/mol. The zero-order valence-electron chi connectivity index (χ0n) is 20.5. The molecule has 0 spiro atoms. The highest BCUT2D eigenvalue weighted by Crippen LogP contribution is 2.33. The Bertz CT molecular complexity index is 1240. The van der Waals surface area contributed by atoms with Crippen LogP contribution < -0.4 is 5.32 Å². The summed E-state index contributed by atoms with van der Waals surface area (Å²) in [5.74, 6) is -0.0913. The Morgan fingerprint density at radius 3 is 2.23 bits per heavy atom. The second-order valence-electron chi connectivity index (χ2n) is 9.72. The molecule has 180 valence electrons. The Morgan fingerprint density at radius 1 is 0.886 bits per heavy atom. The molecule has 5 rings (SSSR count). The first-order chi connectivity index (χ1) is 17.0. The lowest BCUT2D eigenvalue weighted by Crippen LogP contribution is -2.45. The minimum absolute atomic E-state index is 0.0913. The molecule has 3 aromatic rings. The number of piperazine rings is 1. The van der Waals surface area contributed by atoms with E-state index < -0.39 is 0 Å². The van der Waals surface area contributed by atoms with Crippen LogP contribution in [0.4, 0.5) is 5.69 Å². The van der Waals surface area contributed by atoms with Crippen molar-refractivity contribution in [1.29, 1.82) is 0 Å². The van der Waals surface area contributed by atoms with E-state index in [1.807, 2.05) is 54.6 Å². The van der Waals surface area contributed by atoms with Gasteiger partial charge < -0.3 is 10.2 Å². The van der Waals surface area contributed by atoms with Crippen molar-refractivity contribution in [2.45, 2.75) is 19.8 Å². The smallest absolute Gasteiger partial charge is 0.255 e. The second-order valence-corrected chi connectivity index (χ2v) is 10.2. The van der Waals surface area contributed by atoms with E-state index in [0.29, 0.717) is 10.6 Å². The Kier molecular flexibility index (Phi) is 7.05. The van der Waals surface area contributed by atoms with E-state index in [4.69, 9.17) is 11.6 Å². The third kappa shape index (κ3) is 5.51. The molecule has 0 saturated carbocycles. The van der Waals surface area contributed by atoms with Crippen LogP contribution >= 0.6 is 11.6 Å². The topological polar surface area (TPSA) is 35.6 Å². The van der Waals surface area contributed by atoms with E-state index in [2.05, 4.69) is 41.2 Å². The first-order valence-electron chi connectivity index (χ1n) is 12.4. The summed E-state index contributed by atoms with van der Waals surface area (Å²) in [6.07, 6.45) is 2.12. The van der Waals surface area contributed by atoms with E-state index in [0.717, 1.165) is 62.4 Å². The molecule has 1 aliphatic heterocycles. The molecule has 35 heavy (non-hydrogen) atoms. The first kappa shape index (κ1) is 23.8. The lowest BCUT2D eigenvalue weighted by molar-refractivity contribution is 0.102. The van der Waals surface area contributed by atoms with Gasteiger partial charge in [-0.05, 0) is 91.0 Å². The number of halogens is 1. The van der Waals surface area contributed by atoms with Crippen LogP contribution in [0, 0.1) is 0 Å². The van der Waals surface area contributed by atoms with Crippen LogP contribution in [0.25, 0.3) is 16.7 Å². The number of anilines is 1. The number of nitrogens with one attached hydrogen (secondary N) is 1. The number of aryl methyl sites for hydroxylation is 1. The van der Waals surface area contributed by atoms with Crippen LogP contribution in [-0.4, -0.2) is 55.5 Å². The maximum Gasteiger partial charge on any atom is 0.255 e. The van der Waals surface area contributed by atoms with Gasteiger partial charge in [0.05, 0.1) is 0 Å². The predicted octanol–water partition coefficient (Wildman–Crippen LogP) is 6.23. The SMILES string of the molecule is CC1=C(CN2CCN(C)CC2)CCc2cc(NC(=O)c3ccc(-c4ccc(Cl)cc4)cc3)ccc21. The molecule has 2 aliphatic rings. The lowest BCUT2D eigenvalue weighted by Gasteiger charge is -2.34. The van der Waals surface area contributed by atoms with Crippen molar-refractivity contribution in [2.24, 2.45) is 0 Å². The minimum atomic E-state index is -0.0913. The zero-order valence-corrected chi connectivity index (χ0v) is 21.2. The number of hydrogen-bond donors (Lipinski definition) is 1. The number of carbonyl (C=O) groups excluding carboxylic acids is 1. The van der Waals surface area contributed by atoms with Gasteiger partial charge >= 0.3 is 0 Å². The standard InChI is InChI=1S/C30H32ClN3O/c1-21-26(20-34-17-15-33(2)16-18-34)8-7-25-19-28(13-14-29(21)25)32-30(35)24-5-3-22(4-6-24)23-9-11-27(31)12-10-23/h3-6,9-14,19H,7-8,15-18,20H2,1-2H3,(H,32,35). The summed E-state index contributed by atoms with van der Waals surface area (Å²) in [7, 11) is 2.20. The van der Waals surface area contributed by atoms with Gasteiger partial charge in [0.1, 0.15) is 0 Å². The summed E-state index contributed by atoms with van der Waals surface area (Å²) < 4.78 is 0. The van der Waals surface area contributed by atoms with Crippen LogP contribution in [-0.2, 0) is 6.42 Å². The molecular weight excluding hydrogens is 454 g/mol. The number of hydrogen-bond acceptors (Lipinski definition) is 3. The fourth-order valence-corrected chi connectivity index (χ4v) is 5.17. The summed E-state index contributed by atoms with van der Waals surface area (Å²) in [5, 5.41) is 3.80. The molecule has 0 atom stereocenters. The molecule has 0 radical (unpaired) electrons. The van der Waals surface area contributed by atoms with Crippen molar-refractivity contribution in [3.8, 4) is 11.1 Å². The van der Waals surface area contributed by atoms with Crippen LogP contribution in [0.1, 0.15) is 34.8 Å². The maximum atomic E-state index is 12.9. The van der Waals surface area contributed by atoms with E-state index >= 15 is 0 Å².